The highest BCUT2D eigenvalue weighted by Crippen LogP contribution is 2.47. The van der Waals surface area contributed by atoms with Crippen molar-refractivity contribution in [3.8, 4) is 55.6 Å². The van der Waals surface area contributed by atoms with Crippen molar-refractivity contribution >= 4 is 32.3 Å². The molecule has 0 spiro atoms. The summed E-state index contributed by atoms with van der Waals surface area (Å²) in [5.74, 6) is 0. The van der Waals surface area contributed by atoms with Crippen LogP contribution in [0.3, 0.4) is 0 Å². The first-order valence-corrected chi connectivity index (χ1v) is 16.6. The van der Waals surface area contributed by atoms with Crippen LogP contribution in [0.1, 0.15) is 0 Å². The highest BCUT2D eigenvalue weighted by molar-refractivity contribution is 6.24. The molecular weight excluding hydrogens is 577 g/mol. The highest BCUT2D eigenvalue weighted by Gasteiger charge is 2.20. The molecule has 0 aliphatic heterocycles. The molecule has 48 heavy (non-hydrogen) atoms. The molecule has 0 unspecified atom stereocenters. The third-order valence-corrected chi connectivity index (χ3v) is 9.69. The van der Waals surface area contributed by atoms with E-state index in [-0.39, 0.29) is 0 Å². The summed E-state index contributed by atoms with van der Waals surface area (Å²) in [5, 5.41) is 7.57. The highest BCUT2D eigenvalue weighted by atomic mass is 14.2. The zero-order chi connectivity index (χ0) is 31.9. The molecule has 0 saturated heterocycles. The fraction of sp³-hybridized carbons (Fsp3) is 0. The standard InChI is InChI=1S/C48H32/c1-4-16-33(17-5-1)37-30-31-45(40-23-11-10-22-39(37)40)48-43-26-14-12-24-41(43)47(42-25-13-15-27-44(42)48)36-28-29-38(34-18-6-2-7-19-34)46(32-36)35-20-8-3-9-21-35/h1-32H. The normalized spacial score (nSPS) is 11.3. The van der Waals surface area contributed by atoms with Crippen LogP contribution in [0.5, 0.6) is 0 Å². The van der Waals surface area contributed by atoms with Crippen molar-refractivity contribution in [1.29, 1.82) is 0 Å². The summed E-state index contributed by atoms with van der Waals surface area (Å²) in [6.07, 6.45) is 0. The third-order valence-electron chi connectivity index (χ3n) is 9.69. The Hall–Kier alpha value is -6.24. The largest absolute Gasteiger partial charge is 0.0622 e. The summed E-state index contributed by atoms with van der Waals surface area (Å²) in [4.78, 5) is 0. The van der Waals surface area contributed by atoms with Gasteiger partial charge >= 0.3 is 0 Å². The van der Waals surface area contributed by atoms with Gasteiger partial charge in [0.05, 0.1) is 0 Å². The van der Waals surface area contributed by atoms with E-state index in [4.69, 9.17) is 0 Å². The fourth-order valence-electron chi connectivity index (χ4n) is 7.54. The predicted octanol–water partition coefficient (Wildman–Crippen LogP) is 13.5. The van der Waals surface area contributed by atoms with E-state index in [1.165, 1.54) is 88.0 Å². The first-order chi connectivity index (χ1) is 23.8. The predicted molar refractivity (Wildman–Crippen MR) is 206 cm³/mol. The van der Waals surface area contributed by atoms with Gasteiger partial charge in [-0.2, -0.15) is 0 Å². The molecule has 224 valence electrons. The molecule has 0 N–H and O–H groups in total. The van der Waals surface area contributed by atoms with Crippen molar-refractivity contribution in [2.75, 3.05) is 0 Å². The van der Waals surface area contributed by atoms with Gasteiger partial charge in [-0.05, 0) is 94.0 Å². The Bertz CT molecular complexity index is 2520. The van der Waals surface area contributed by atoms with Crippen molar-refractivity contribution in [3.63, 3.8) is 0 Å². The van der Waals surface area contributed by atoms with E-state index in [2.05, 4.69) is 194 Å². The molecule has 0 aliphatic carbocycles. The van der Waals surface area contributed by atoms with Crippen LogP contribution < -0.4 is 0 Å². The molecule has 0 fully saturated rings. The lowest BCUT2D eigenvalue weighted by Gasteiger charge is -2.20. The fourth-order valence-corrected chi connectivity index (χ4v) is 7.54. The Morgan fingerprint density at radius 1 is 0.188 bits per heavy atom. The molecule has 0 nitrogen and oxygen atoms in total. The quantitative estimate of drug-likeness (QED) is 0.171. The first-order valence-electron chi connectivity index (χ1n) is 16.6. The van der Waals surface area contributed by atoms with Crippen molar-refractivity contribution < 1.29 is 0 Å². The zero-order valence-electron chi connectivity index (χ0n) is 26.5. The lowest BCUT2D eigenvalue weighted by Crippen LogP contribution is -1.93. The van der Waals surface area contributed by atoms with E-state index in [0.717, 1.165) is 0 Å². The van der Waals surface area contributed by atoms with Crippen LogP contribution in [0.2, 0.25) is 0 Å². The van der Waals surface area contributed by atoms with Gasteiger partial charge in [0.2, 0.25) is 0 Å². The van der Waals surface area contributed by atoms with Crippen molar-refractivity contribution in [2.45, 2.75) is 0 Å². The summed E-state index contributed by atoms with van der Waals surface area (Å²) in [6.45, 7) is 0. The SMILES string of the molecule is c1ccc(-c2ccc(-c3c4ccccc4c(-c4ccc(-c5ccccc5)c5ccccc45)c4ccccc34)cc2-c2ccccc2)cc1. The number of hydrogen-bond donors (Lipinski definition) is 0. The van der Waals surface area contributed by atoms with E-state index >= 15 is 0 Å². The van der Waals surface area contributed by atoms with Gasteiger partial charge in [-0.25, -0.2) is 0 Å². The summed E-state index contributed by atoms with van der Waals surface area (Å²) >= 11 is 0. The number of hydrogen-bond acceptors (Lipinski definition) is 0. The minimum atomic E-state index is 1.22. The summed E-state index contributed by atoms with van der Waals surface area (Å²) in [5.41, 5.74) is 12.4. The monoisotopic (exact) mass is 608 g/mol. The van der Waals surface area contributed by atoms with E-state index in [9.17, 15) is 0 Å². The van der Waals surface area contributed by atoms with Crippen LogP contribution in [-0.4, -0.2) is 0 Å². The average molecular weight is 609 g/mol. The number of rotatable bonds is 5. The molecular formula is C48H32. The van der Waals surface area contributed by atoms with Crippen LogP contribution in [-0.2, 0) is 0 Å². The molecule has 0 bridgehead atoms. The topological polar surface area (TPSA) is 0 Å². The smallest absolute Gasteiger partial charge is 0.00201 e. The van der Waals surface area contributed by atoms with Crippen molar-refractivity contribution in [3.05, 3.63) is 194 Å². The molecule has 0 saturated carbocycles. The number of benzene rings is 9. The van der Waals surface area contributed by atoms with E-state index in [0.29, 0.717) is 0 Å². The van der Waals surface area contributed by atoms with Crippen molar-refractivity contribution in [1.82, 2.24) is 0 Å². The summed E-state index contributed by atoms with van der Waals surface area (Å²) in [7, 11) is 0. The Morgan fingerprint density at radius 3 is 1.06 bits per heavy atom. The van der Waals surface area contributed by atoms with Crippen LogP contribution in [0.15, 0.2) is 194 Å². The summed E-state index contributed by atoms with van der Waals surface area (Å²) < 4.78 is 0. The molecule has 9 rings (SSSR count). The molecule has 0 heteroatoms. The average Bonchev–Trinajstić information content (AvgIpc) is 3.17. The van der Waals surface area contributed by atoms with Gasteiger partial charge < -0.3 is 0 Å². The second-order valence-corrected chi connectivity index (χ2v) is 12.4. The lowest BCUT2D eigenvalue weighted by atomic mass is 9.83. The maximum atomic E-state index is 2.40. The molecule has 9 aromatic carbocycles. The maximum absolute atomic E-state index is 2.40. The minimum absolute atomic E-state index is 1.22. The Balaban J connectivity index is 1.34. The Labute approximate surface area is 281 Å². The second kappa shape index (κ2) is 11.8. The molecule has 0 amide bonds. The van der Waals surface area contributed by atoms with E-state index < -0.39 is 0 Å². The van der Waals surface area contributed by atoms with Gasteiger partial charge in [-0.1, -0.05) is 188 Å². The number of fused-ring (bicyclic) bond motifs is 3. The molecule has 0 aromatic heterocycles. The minimum Gasteiger partial charge on any atom is -0.0622 e. The zero-order valence-corrected chi connectivity index (χ0v) is 26.5. The van der Waals surface area contributed by atoms with Crippen molar-refractivity contribution in [2.24, 2.45) is 0 Å². The van der Waals surface area contributed by atoms with Crippen LogP contribution >= 0.6 is 0 Å². The molecule has 0 aliphatic rings. The van der Waals surface area contributed by atoms with E-state index in [1.807, 2.05) is 0 Å². The van der Waals surface area contributed by atoms with Gasteiger partial charge in [0.15, 0.2) is 0 Å². The first kappa shape index (κ1) is 28.0. The molecule has 0 atom stereocenters. The maximum Gasteiger partial charge on any atom is -0.00201 e. The van der Waals surface area contributed by atoms with Crippen LogP contribution in [0.4, 0.5) is 0 Å². The Morgan fingerprint density at radius 2 is 0.542 bits per heavy atom. The van der Waals surface area contributed by atoms with E-state index in [1.54, 1.807) is 0 Å². The Kier molecular flexibility index (Phi) is 6.91. The summed E-state index contributed by atoms with van der Waals surface area (Å²) in [6, 6.07) is 70.7. The second-order valence-electron chi connectivity index (χ2n) is 12.4. The van der Waals surface area contributed by atoms with Crippen LogP contribution in [0, 0.1) is 0 Å². The third kappa shape index (κ3) is 4.70. The molecule has 9 aromatic rings. The lowest BCUT2D eigenvalue weighted by molar-refractivity contribution is 1.58. The van der Waals surface area contributed by atoms with Gasteiger partial charge in [0.25, 0.3) is 0 Å². The van der Waals surface area contributed by atoms with Gasteiger partial charge in [0.1, 0.15) is 0 Å². The van der Waals surface area contributed by atoms with Gasteiger partial charge in [-0.3, -0.25) is 0 Å². The molecule has 0 radical (unpaired) electrons. The van der Waals surface area contributed by atoms with Gasteiger partial charge in [0, 0.05) is 0 Å². The molecule has 0 heterocycles. The van der Waals surface area contributed by atoms with Gasteiger partial charge in [-0.15, -0.1) is 0 Å². The van der Waals surface area contributed by atoms with Crippen LogP contribution in [0.25, 0.3) is 88.0 Å².